The average Bonchev–Trinajstić information content (AvgIpc) is 3.66. The van der Waals surface area contributed by atoms with Crippen molar-refractivity contribution in [2.75, 3.05) is 32.8 Å². The van der Waals surface area contributed by atoms with E-state index in [1.165, 1.54) is 4.90 Å². The number of likely N-dealkylation sites (tertiary alicyclic amines) is 1. The summed E-state index contributed by atoms with van der Waals surface area (Å²) in [5.41, 5.74) is -0.435. The molecule has 3 aliphatic heterocycles. The summed E-state index contributed by atoms with van der Waals surface area (Å²) in [6.45, 7) is 10.5. The molecular formula is C33H45N3O7. The Labute approximate surface area is 254 Å². The second kappa shape index (κ2) is 14.8. The number of hydrogen-bond acceptors (Lipinski definition) is 7. The van der Waals surface area contributed by atoms with E-state index in [-0.39, 0.29) is 43.8 Å². The number of nitrogens with zero attached hydrogens (tertiary/aromatic N) is 2. The molecular weight excluding hydrogens is 550 g/mol. The summed E-state index contributed by atoms with van der Waals surface area (Å²) < 4.78 is 12.6. The molecule has 1 aromatic carbocycles. The summed E-state index contributed by atoms with van der Waals surface area (Å²) in [6, 6.07) is 8.25. The molecule has 234 valence electrons. The molecule has 3 heterocycles. The normalized spacial score (nSPS) is 26.1. The van der Waals surface area contributed by atoms with Crippen molar-refractivity contribution in [1.82, 2.24) is 15.1 Å². The second-order valence-corrected chi connectivity index (χ2v) is 11.6. The molecule has 0 radical (unpaired) electrons. The van der Waals surface area contributed by atoms with Crippen LogP contribution in [0.5, 0.6) is 0 Å². The number of carbonyl (C=O) groups is 4. The van der Waals surface area contributed by atoms with Gasteiger partial charge in [0, 0.05) is 32.7 Å². The van der Waals surface area contributed by atoms with Crippen molar-refractivity contribution in [1.29, 1.82) is 0 Å². The maximum absolute atomic E-state index is 14.1. The van der Waals surface area contributed by atoms with Gasteiger partial charge in [0.15, 0.2) is 0 Å². The summed E-state index contributed by atoms with van der Waals surface area (Å²) in [5, 5.41) is 12.4. The third-order valence-electron chi connectivity index (χ3n) is 8.80. The molecule has 10 nitrogen and oxygen atoms in total. The minimum absolute atomic E-state index is 0.0748. The van der Waals surface area contributed by atoms with E-state index >= 15 is 0 Å². The molecule has 0 aliphatic carbocycles. The standard InChI is InChI=1S/C33H45N3O7/c1-4-7-15-26(38)34-22-25(23-13-10-9-11-14-23)42-32(41)27-24-16-17-33(43-24)28(27)30(39)36(20-12-21-37)29(33)31(40)35(18-6-3)19-8-5-2/h4,6,9-11,13-14,24-25,27-29,37H,1,3,5,7-8,12,15-22H2,2H3,(H,34,38)/t24-,25+,27+,28+,29-,33+/m0/s1. The summed E-state index contributed by atoms with van der Waals surface area (Å²) in [6.07, 6.45) is 5.81. The molecule has 2 bridgehead atoms. The molecule has 0 saturated carbocycles. The maximum atomic E-state index is 14.1. The number of nitrogens with one attached hydrogen (secondary N) is 1. The molecule has 43 heavy (non-hydrogen) atoms. The van der Waals surface area contributed by atoms with E-state index in [2.05, 4.69) is 18.5 Å². The molecule has 4 rings (SSSR count). The lowest BCUT2D eigenvalue weighted by Gasteiger charge is -2.36. The number of ether oxygens (including phenoxy) is 2. The van der Waals surface area contributed by atoms with Gasteiger partial charge in [-0.3, -0.25) is 19.2 Å². The van der Waals surface area contributed by atoms with Crippen LogP contribution in [0.2, 0.25) is 0 Å². The third-order valence-corrected chi connectivity index (χ3v) is 8.80. The van der Waals surface area contributed by atoms with Crippen molar-refractivity contribution in [3.63, 3.8) is 0 Å². The Morgan fingerprint density at radius 2 is 2.00 bits per heavy atom. The van der Waals surface area contributed by atoms with Crippen molar-refractivity contribution >= 4 is 23.7 Å². The Balaban J connectivity index is 1.61. The lowest BCUT2D eigenvalue weighted by molar-refractivity contribution is -0.160. The van der Waals surface area contributed by atoms with Gasteiger partial charge >= 0.3 is 5.97 Å². The Hall–Kier alpha value is -3.50. The highest BCUT2D eigenvalue weighted by Crippen LogP contribution is 2.59. The van der Waals surface area contributed by atoms with Crippen LogP contribution in [0.25, 0.3) is 0 Å². The fraction of sp³-hybridized carbons (Fsp3) is 0.576. The molecule has 3 fully saturated rings. The van der Waals surface area contributed by atoms with Crippen molar-refractivity contribution < 1.29 is 33.8 Å². The molecule has 2 N–H and O–H groups in total. The maximum Gasteiger partial charge on any atom is 0.313 e. The number of fused-ring (bicyclic) bond motifs is 1. The van der Waals surface area contributed by atoms with E-state index in [1.807, 2.05) is 37.3 Å². The highest BCUT2D eigenvalue weighted by Gasteiger charge is 2.75. The molecule has 3 saturated heterocycles. The Morgan fingerprint density at radius 3 is 2.67 bits per heavy atom. The van der Waals surface area contributed by atoms with Gasteiger partial charge in [-0.2, -0.15) is 0 Å². The molecule has 0 aromatic heterocycles. The summed E-state index contributed by atoms with van der Waals surface area (Å²) in [7, 11) is 0. The number of aliphatic hydroxyl groups is 1. The first kappa shape index (κ1) is 32.4. The van der Waals surface area contributed by atoms with Crippen LogP contribution < -0.4 is 5.32 Å². The Kier molecular flexibility index (Phi) is 11.2. The van der Waals surface area contributed by atoms with Crippen LogP contribution in [-0.2, 0) is 28.7 Å². The first-order valence-electron chi connectivity index (χ1n) is 15.4. The molecule has 0 unspecified atom stereocenters. The fourth-order valence-corrected chi connectivity index (χ4v) is 6.79. The number of allylic oxidation sites excluding steroid dienone is 1. The van der Waals surface area contributed by atoms with Crippen LogP contribution in [0.4, 0.5) is 0 Å². The minimum Gasteiger partial charge on any atom is -0.455 e. The predicted octanol–water partition coefficient (Wildman–Crippen LogP) is 2.93. The molecule has 1 spiro atoms. The van der Waals surface area contributed by atoms with Gasteiger partial charge in [0.25, 0.3) is 0 Å². The smallest absolute Gasteiger partial charge is 0.313 e. The van der Waals surface area contributed by atoms with E-state index in [1.54, 1.807) is 17.1 Å². The lowest BCUT2D eigenvalue weighted by Crippen LogP contribution is -2.56. The summed E-state index contributed by atoms with van der Waals surface area (Å²) in [5.74, 6) is -3.06. The first-order chi connectivity index (χ1) is 20.8. The van der Waals surface area contributed by atoms with E-state index < -0.39 is 41.7 Å². The second-order valence-electron chi connectivity index (χ2n) is 11.6. The number of aliphatic hydroxyl groups excluding tert-OH is 1. The molecule has 6 atom stereocenters. The van der Waals surface area contributed by atoms with Gasteiger partial charge in [0.2, 0.25) is 17.7 Å². The van der Waals surface area contributed by atoms with Gasteiger partial charge in [-0.15, -0.1) is 13.2 Å². The van der Waals surface area contributed by atoms with Crippen molar-refractivity contribution in [2.24, 2.45) is 11.8 Å². The molecule has 1 aromatic rings. The van der Waals surface area contributed by atoms with Gasteiger partial charge < -0.3 is 29.7 Å². The number of benzene rings is 1. The van der Waals surface area contributed by atoms with Crippen molar-refractivity contribution in [2.45, 2.75) is 75.7 Å². The lowest BCUT2D eigenvalue weighted by atomic mass is 9.70. The quantitative estimate of drug-likeness (QED) is 0.210. The first-order valence-corrected chi connectivity index (χ1v) is 15.4. The van der Waals surface area contributed by atoms with Crippen molar-refractivity contribution in [3.8, 4) is 0 Å². The molecule has 3 amide bonds. The average molecular weight is 596 g/mol. The Morgan fingerprint density at radius 1 is 1.23 bits per heavy atom. The number of amides is 3. The number of hydrogen-bond donors (Lipinski definition) is 2. The Bertz CT molecular complexity index is 1170. The van der Waals surface area contributed by atoms with Crippen molar-refractivity contribution in [3.05, 3.63) is 61.2 Å². The highest BCUT2D eigenvalue weighted by atomic mass is 16.6. The zero-order chi connectivity index (χ0) is 31.0. The number of esters is 1. The van der Waals surface area contributed by atoms with Gasteiger partial charge in [-0.1, -0.05) is 55.8 Å². The fourth-order valence-electron chi connectivity index (χ4n) is 6.79. The number of unbranched alkanes of at least 4 members (excludes halogenated alkanes) is 1. The van der Waals surface area contributed by atoms with Crippen LogP contribution >= 0.6 is 0 Å². The monoisotopic (exact) mass is 595 g/mol. The van der Waals surface area contributed by atoms with Crippen LogP contribution in [-0.4, -0.2) is 89.1 Å². The number of rotatable bonds is 17. The SMILES string of the molecule is C=CCCC(=O)NC[C@@H](OC(=O)[C@@H]1[C@@H]2CC[C@]3(O2)[C@H](C(=O)N(CC=C)CCCC)N(CCCO)C(=O)[C@@H]13)c1ccccc1. The zero-order valence-corrected chi connectivity index (χ0v) is 25.1. The highest BCUT2D eigenvalue weighted by molar-refractivity contribution is 5.98. The van der Waals surface area contributed by atoms with E-state index in [4.69, 9.17) is 9.47 Å². The van der Waals surface area contributed by atoms with E-state index in [9.17, 15) is 24.3 Å². The van der Waals surface area contributed by atoms with Gasteiger partial charge in [0.05, 0.1) is 24.5 Å². The van der Waals surface area contributed by atoms with Crippen LogP contribution in [0, 0.1) is 11.8 Å². The third kappa shape index (κ3) is 6.70. The van der Waals surface area contributed by atoms with Gasteiger partial charge in [-0.05, 0) is 37.7 Å². The van der Waals surface area contributed by atoms with Gasteiger partial charge in [-0.25, -0.2) is 0 Å². The van der Waals surface area contributed by atoms with Crippen LogP contribution in [0.3, 0.4) is 0 Å². The van der Waals surface area contributed by atoms with Crippen LogP contribution in [0.15, 0.2) is 55.6 Å². The van der Waals surface area contributed by atoms with E-state index in [0.29, 0.717) is 44.3 Å². The number of carbonyl (C=O) groups excluding carboxylic acids is 4. The topological polar surface area (TPSA) is 125 Å². The summed E-state index contributed by atoms with van der Waals surface area (Å²) in [4.78, 5) is 57.7. The van der Waals surface area contributed by atoms with Crippen LogP contribution in [0.1, 0.15) is 63.5 Å². The molecule has 3 aliphatic rings. The zero-order valence-electron chi connectivity index (χ0n) is 25.1. The minimum atomic E-state index is -1.15. The van der Waals surface area contributed by atoms with E-state index in [0.717, 1.165) is 12.8 Å². The molecule has 10 heteroatoms. The predicted molar refractivity (Wildman–Crippen MR) is 160 cm³/mol. The largest absolute Gasteiger partial charge is 0.455 e. The van der Waals surface area contributed by atoms with Gasteiger partial charge in [0.1, 0.15) is 17.7 Å². The summed E-state index contributed by atoms with van der Waals surface area (Å²) >= 11 is 0.